The molecule has 33 heavy (non-hydrogen) atoms. The van der Waals surface area contributed by atoms with E-state index < -0.39 is 11.8 Å². The molecule has 0 atom stereocenters. The molecule has 0 radical (unpaired) electrons. The van der Waals surface area contributed by atoms with Gasteiger partial charge in [-0.3, -0.25) is 19.3 Å². The van der Waals surface area contributed by atoms with Gasteiger partial charge in [-0.25, -0.2) is 0 Å². The number of fused-ring (bicyclic) bond motifs is 1. The molecule has 3 amide bonds. The molecule has 0 unspecified atom stereocenters. The number of hydrogen-bond acceptors (Lipinski definition) is 6. The van der Waals surface area contributed by atoms with Gasteiger partial charge >= 0.3 is 0 Å². The van der Waals surface area contributed by atoms with E-state index >= 15 is 0 Å². The highest BCUT2D eigenvalue weighted by atomic mass is 16.5. The van der Waals surface area contributed by atoms with Gasteiger partial charge in [-0.1, -0.05) is 6.07 Å². The van der Waals surface area contributed by atoms with Crippen molar-refractivity contribution in [3.8, 4) is 11.5 Å². The minimum Gasteiger partial charge on any atom is -0.493 e. The van der Waals surface area contributed by atoms with Crippen LogP contribution in [-0.2, 0) is 13.0 Å². The predicted octanol–water partition coefficient (Wildman–Crippen LogP) is 3.41. The maximum atomic E-state index is 13.0. The summed E-state index contributed by atoms with van der Waals surface area (Å²) in [6, 6.07) is 13.6. The van der Waals surface area contributed by atoms with Gasteiger partial charge in [0.05, 0.1) is 38.2 Å². The molecule has 0 spiro atoms. The van der Waals surface area contributed by atoms with Crippen LogP contribution < -0.4 is 9.47 Å². The molecule has 170 valence electrons. The third kappa shape index (κ3) is 4.32. The molecule has 0 fully saturated rings. The minimum absolute atomic E-state index is 0.0495. The Bertz CT molecular complexity index is 1200. The SMILES string of the molecule is COc1ccc(CCN(C)C(=O)c2ccc3c(c2)C(=O)N(Cc2ccco2)C3=O)cc1OC. The number of furan rings is 1. The molecular weight excluding hydrogens is 424 g/mol. The fraction of sp³-hybridized carbons (Fsp3) is 0.240. The van der Waals surface area contributed by atoms with Crippen LogP contribution in [0, 0.1) is 0 Å². The molecule has 1 aromatic heterocycles. The largest absolute Gasteiger partial charge is 0.493 e. The number of rotatable bonds is 8. The van der Waals surface area contributed by atoms with Crippen molar-refractivity contribution in [2.45, 2.75) is 13.0 Å². The number of methoxy groups -OCH3 is 2. The summed E-state index contributed by atoms with van der Waals surface area (Å²) in [6.45, 7) is 0.511. The lowest BCUT2D eigenvalue weighted by molar-refractivity contribution is 0.0631. The Hall–Kier alpha value is -4.07. The topological polar surface area (TPSA) is 89.3 Å². The summed E-state index contributed by atoms with van der Waals surface area (Å²) in [5, 5.41) is 0. The Morgan fingerprint density at radius 3 is 2.42 bits per heavy atom. The van der Waals surface area contributed by atoms with Crippen molar-refractivity contribution >= 4 is 17.7 Å². The molecule has 1 aliphatic heterocycles. The number of likely N-dealkylation sites (N-methyl/N-ethyl adjacent to an activating group) is 1. The number of imide groups is 1. The molecule has 0 saturated heterocycles. The fourth-order valence-electron chi connectivity index (χ4n) is 3.78. The van der Waals surface area contributed by atoms with Crippen LogP contribution in [0.2, 0.25) is 0 Å². The summed E-state index contributed by atoms with van der Waals surface area (Å²) in [7, 11) is 4.86. The van der Waals surface area contributed by atoms with Gasteiger partial charge in [-0.15, -0.1) is 0 Å². The van der Waals surface area contributed by atoms with E-state index in [0.29, 0.717) is 35.8 Å². The maximum absolute atomic E-state index is 13.0. The summed E-state index contributed by atoms with van der Waals surface area (Å²) < 4.78 is 15.8. The van der Waals surface area contributed by atoms with Crippen molar-refractivity contribution < 1.29 is 28.3 Å². The van der Waals surface area contributed by atoms with Crippen LogP contribution in [0.25, 0.3) is 0 Å². The molecule has 2 heterocycles. The number of nitrogens with zero attached hydrogens (tertiary/aromatic N) is 2. The molecule has 3 aromatic rings. The zero-order chi connectivity index (χ0) is 23.5. The first kappa shape index (κ1) is 22.1. The van der Waals surface area contributed by atoms with E-state index in [9.17, 15) is 14.4 Å². The average molecular weight is 448 g/mol. The molecule has 0 N–H and O–H groups in total. The lowest BCUT2D eigenvalue weighted by Gasteiger charge is -2.18. The predicted molar refractivity (Wildman–Crippen MR) is 120 cm³/mol. The summed E-state index contributed by atoms with van der Waals surface area (Å²) in [4.78, 5) is 41.2. The zero-order valence-electron chi connectivity index (χ0n) is 18.7. The van der Waals surface area contributed by atoms with Crippen LogP contribution in [0.5, 0.6) is 11.5 Å². The third-order valence-corrected chi connectivity index (χ3v) is 5.64. The van der Waals surface area contributed by atoms with E-state index in [4.69, 9.17) is 13.9 Å². The van der Waals surface area contributed by atoms with Gasteiger partial charge in [0.25, 0.3) is 17.7 Å². The Morgan fingerprint density at radius 1 is 0.970 bits per heavy atom. The summed E-state index contributed by atoms with van der Waals surface area (Å²) in [5.74, 6) is 0.717. The smallest absolute Gasteiger partial charge is 0.261 e. The first-order valence-corrected chi connectivity index (χ1v) is 10.4. The Kier molecular flexibility index (Phi) is 6.17. The molecule has 1 aliphatic rings. The zero-order valence-corrected chi connectivity index (χ0v) is 18.7. The van der Waals surface area contributed by atoms with Gasteiger partial charge in [0.2, 0.25) is 0 Å². The van der Waals surface area contributed by atoms with E-state index in [0.717, 1.165) is 10.5 Å². The number of hydrogen-bond donors (Lipinski definition) is 0. The molecule has 0 aliphatic carbocycles. The van der Waals surface area contributed by atoms with Gasteiger partial charge < -0.3 is 18.8 Å². The monoisotopic (exact) mass is 448 g/mol. The van der Waals surface area contributed by atoms with Gasteiger partial charge in [-0.05, 0) is 54.4 Å². The van der Waals surface area contributed by atoms with Gasteiger partial charge in [0.1, 0.15) is 5.76 Å². The molecule has 0 saturated carbocycles. The molecule has 8 nitrogen and oxygen atoms in total. The van der Waals surface area contributed by atoms with E-state index in [2.05, 4.69) is 0 Å². The summed E-state index contributed by atoms with van der Waals surface area (Å²) in [6.07, 6.45) is 2.10. The first-order chi connectivity index (χ1) is 15.9. The van der Waals surface area contributed by atoms with Crippen LogP contribution in [0.4, 0.5) is 0 Å². The summed E-state index contributed by atoms with van der Waals surface area (Å²) >= 11 is 0. The second kappa shape index (κ2) is 9.20. The van der Waals surface area contributed by atoms with Crippen molar-refractivity contribution in [3.05, 3.63) is 82.8 Å². The molecule has 2 aromatic carbocycles. The second-order valence-corrected chi connectivity index (χ2v) is 7.70. The van der Waals surface area contributed by atoms with E-state index in [-0.39, 0.29) is 23.6 Å². The number of ether oxygens (including phenoxy) is 2. The number of carbonyl (C=O) groups excluding carboxylic acids is 3. The fourth-order valence-corrected chi connectivity index (χ4v) is 3.78. The van der Waals surface area contributed by atoms with Gasteiger partial charge in [0, 0.05) is 19.2 Å². The molecule has 4 rings (SSSR count). The van der Waals surface area contributed by atoms with Crippen molar-refractivity contribution in [3.63, 3.8) is 0 Å². The highest BCUT2D eigenvalue weighted by molar-refractivity contribution is 6.22. The van der Waals surface area contributed by atoms with Crippen molar-refractivity contribution in [1.29, 1.82) is 0 Å². The number of benzene rings is 2. The van der Waals surface area contributed by atoms with Crippen LogP contribution >= 0.6 is 0 Å². The lowest BCUT2D eigenvalue weighted by atomic mass is 10.0. The normalized spacial score (nSPS) is 12.6. The van der Waals surface area contributed by atoms with Crippen LogP contribution in [0.1, 0.15) is 42.4 Å². The van der Waals surface area contributed by atoms with E-state index in [1.165, 1.54) is 18.4 Å². The summed E-state index contributed by atoms with van der Waals surface area (Å²) in [5.41, 5.74) is 1.86. The van der Waals surface area contributed by atoms with Crippen LogP contribution in [0.15, 0.2) is 59.2 Å². The minimum atomic E-state index is -0.436. The third-order valence-electron chi connectivity index (χ3n) is 5.64. The van der Waals surface area contributed by atoms with Gasteiger partial charge in [0.15, 0.2) is 11.5 Å². The standard InChI is InChI=1S/C25H24N2O6/c1-26(11-10-16-6-9-21(31-2)22(13-16)32-3)23(28)17-7-8-19-20(14-17)25(30)27(24(19)29)15-18-5-4-12-33-18/h4-9,12-14H,10-11,15H2,1-3H3. The second-order valence-electron chi connectivity index (χ2n) is 7.70. The first-order valence-electron chi connectivity index (χ1n) is 10.4. The van der Waals surface area contributed by atoms with Crippen molar-refractivity contribution in [1.82, 2.24) is 9.80 Å². The number of amides is 3. The van der Waals surface area contributed by atoms with E-state index in [1.807, 2.05) is 18.2 Å². The molecule has 8 heteroatoms. The lowest BCUT2D eigenvalue weighted by Crippen LogP contribution is -2.29. The van der Waals surface area contributed by atoms with E-state index in [1.54, 1.807) is 44.4 Å². The highest BCUT2D eigenvalue weighted by Crippen LogP contribution is 2.28. The van der Waals surface area contributed by atoms with Crippen LogP contribution in [-0.4, -0.2) is 55.3 Å². The maximum Gasteiger partial charge on any atom is 0.261 e. The molecular formula is C25H24N2O6. The van der Waals surface area contributed by atoms with Crippen molar-refractivity contribution in [2.75, 3.05) is 27.8 Å². The Morgan fingerprint density at radius 2 is 1.73 bits per heavy atom. The van der Waals surface area contributed by atoms with Crippen molar-refractivity contribution in [2.24, 2.45) is 0 Å². The quantitative estimate of drug-likeness (QED) is 0.491. The van der Waals surface area contributed by atoms with Gasteiger partial charge in [-0.2, -0.15) is 0 Å². The Balaban J connectivity index is 1.45. The van der Waals surface area contributed by atoms with Crippen LogP contribution in [0.3, 0.4) is 0 Å². The number of carbonyl (C=O) groups is 3. The highest BCUT2D eigenvalue weighted by Gasteiger charge is 2.36. The molecule has 0 bridgehead atoms. The average Bonchev–Trinajstić information content (AvgIpc) is 3.44. The Labute approximate surface area is 191 Å².